The molecule has 2 heterocycles. The van der Waals surface area contributed by atoms with Crippen LogP contribution in [0, 0.1) is 0 Å². The number of benzene rings is 1. The van der Waals surface area contributed by atoms with Gasteiger partial charge in [0.1, 0.15) is 17.7 Å². The van der Waals surface area contributed by atoms with E-state index in [0.717, 1.165) is 16.8 Å². The summed E-state index contributed by atoms with van der Waals surface area (Å²) >= 11 is 0. The van der Waals surface area contributed by atoms with Crippen LogP contribution in [0.5, 0.6) is 0 Å². The normalized spacial score (nSPS) is 12.9. The number of aliphatic hydroxyl groups is 1. The standard InChI is InChI=1S/C14H15N3O2/c1-9(18)14-16-12-7-10(15)4-5-13(12)17(14)8-11-3-2-6-19-11/h2-7,9,18H,8,15H2,1H3. The number of anilines is 1. The van der Waals surface area contributed by atoms with Crippen LogP contribution < -0.4 is 5.73 Å². The number of fused-ring (bicyclic) bond motifs is 1. The lowest BCUT2D eigenvalue weighted by atomic mass is 10.3. The number of nitrogens with two attached hydrogens (primary N) is 1. The smallest absolute Gasteiger partial charge is 0.138 e. The van der Waals surface area contributed by atoms with Crippen molar-refractivity contribution in [1.82, 2.24) is 9.55 Å². The van der Waals surface area contributed by atoms with E-state index in [-0.39, 0.29) is 0 Å². The third-order valence-electron chi connectivity index (χ3n) is 3.07. The van der Waals surface area contributed by atoms with E-state index in [1.807, 2.05) is 28.8 Å². The summed E-state index contributed by atoms with van der Waals surface area (Å²) in [7, 11) is 0. The molecule has 2 aromatic heterocycles. The minimum atomic E-state index is -0.649. The Bertz CT molecular complexity index is 699. The van der Waals surface area contributed by atoms with Crippen molar-refractivity contribution >= 4 is 16.7 Å². The van der Waals surface area contributed by atoms with Crippen LogP contribution in [0.4, 0.5) is 5.69 Å². The molecule has 0 saturated heterocycles. The van der Waals surface area contributed by atoms with E-state index in [1.54, 1.807) is 19.3 Å². The van der Waals surface area contributed by atoms with Crippen LogP contribution in [-0.4, -0.2) is 14.7 Å². The number of aliphatic hydroxyl groups excluding tert-OH is 1. The van der Waals surface area contributed by atoms with Crippen LogP contribution in [0.25, 0.3) is 11.0 Å². The van der Waals surface area contributed by atoms with Crippen LogP contribution >= 0.6 is 0 Å². The number of hydrogen-bond acceptors (Lipinski definition) is 4. The summed E-state index contributed by atoms with van der Waals surface area (Å²) in [6, 6.07) is 9.28. The van der Waals surface area contributed by atoms with Crippen molar-refractivity contribution in [2.45, 2.75) is 19.6 Å². The highest BCUT2D eigenvalue weighted by Gasteiger charge is 2.15. The molecule has 0 amide bonds. The molecule has 5 heteroatoms. The number of imidazole rings is 1. The van der Waals surface area contributed by atoms with E-state index in [2.05, 4.69) is 4.98 Å². The third kappa shape index (κ3) is 2.08. The summed E-state index contributed by atoms with van der Waals surface area (Å²) < 4.78 is 7.30. The van der Waals surface area contributed by atoms with Crippen LogP contribution in [0.1, 0.15) is 24.6 Å². The van der Waals surface area contributed by atoms with Crippen LogP contribution in [0.15, 0.2) is 41.0 Å². The first kappa shape index (κ1) is 11.8. The second-order valence-corrected chi connectivity index (χ2v) is 4.56. The fourth-order valence-corrected chi connectivity index (χ4v) is 2.21. The Balaban J connectivity index is 2.16. The zero-order chi connectivity index (χ0) is 13.4. The second kappa shape index (κ2) is 4.44. The van der Waals surface area contributed by atoms with Gasteiger partial charge in [0.15, 0.2) is 0 Å². The second-order valence-electron chi connectivity index (χ2n) is 4.56. The van der Waals surface area contributed by atoms with Gasteiger partial charge >= 0.3 is 0 Å². The zero-order valence-electron chi connectivity index (χ0n) is 10.6. The molecule has 19 heavy (non-hydrogen) atoms. The van der Waals surface area contributed by atoms with Crippen molar-refractivity contribution in [3.63, 3.8) is 0 Å². The van der Waals surface area contributed by atoms with Crippen molar-refractivity contribution < 1.29 is 9.52 Å². The van der Waals surface area contributed by atoms with Crippen molar-refractivity contribution in [3.05, 3.63) is 48.2 Å². The molecule has 3 N–H and O–H groups in total. The van der Waals surface area contributed by atoms with Gasteiger partial charge in [-0.25, -0.2) is 4.98 Å². The van der Waals surface area contributed by atoms with Gasteiger partial charge in [-0.3, -0.25) is 0 Å². The zero-order valence-corrected chi connectivity index (χ0v) is 10.6. The van der Waals surface area contributed by atoms with Gasteiger partial charge in [0, 0.05) is 5.69 Å². The summed E-state index contributed by atoms with van der Waals surface area (Å²) in [5.41, 5.74) is 8.14. The fourth-order valence-electron chi connectivity index (χ4n) is 2.21. The molecule has 1 unspecified atom stereocenters. The van der Waals surface area contributed by atoms with Gasteiger partial charge in [0.2, 0.25) is 0 Å². The monoisotopic (exact) mass is 257 g/mol. The molecule has 0 aliphatic carbocycles. The minimum absolute atomic E-state index is 0.535. The Morgan fingerprint density at radius 3 is 2.95 bits per heavy atom. The Hall–Kier alpha value is -2.27. The number of hydrogen-bond donors (Lipinski definition) is 2. The molecule has 0 saturated carbocycles. The molecular weight excluding hydrogens is 242 g/mol. The van der Waals surface area contributed by atoms with Gasteiger partial charge < -0.3 is 19.8 Å². The Kier molecular flexibility index (Phi) is 2.76. The van der Waals surface area contributed by atoms with Crippen LogP contribution in [0.2, 0.25) is 0 Å². The van der Waals surface area contributed by atoms with Crippen LogP contribution in [-0.2, 0) is 6.54 Å². The third-order valence-corrected chi connectivity index (χ3v) is 3.07. The minimum Gasteiger partial charge on any atom is -0.467 e. The molecule has 0 aliphatic rings. The van der Waals surface area contributed by atoms with Crippen LogP contribution in [0.3, 0.4) is 0 Å². The van der Waals surface area contributed by atoms with Gasteiger partial charge in [0.25, 0.3) is 0 Å². The summed E-state index contributed by atoms with van der Waals surface area (Å²) in [5.74, 6) is 1.43. The van der Waals surface area contributed by atoms with Crippen molar-refractivity contribution in [2.75, 3.05) is 5.73 Å². The maximum atomic E-state index is 9.86. The van der Waals surface area contributed by atoms with E-state index >= 15 is 0 Å². The highest BCUT2D eigenvalue weighted by atomic mass is 16.3. The molecular formula is C14H15N3O2. The maximum absolute atomic E-state index is 9.86. The quantitative estimate of drug-likeness (QED) is 0.706. The Labute approximate surface area is 110 Å². The highest BCUT2D eigenvalue weighted by molar-refractivity contribution is 5.79. The molecule has 0 spiro atoms. The molecule has 3 rings (SSSR count). The van der Waals surface area contributed by atoms with Gasteiger partial charge in [-0.05, 0) is 37.3 Å². The first-order valence-electron chi connectivity index (χ1n) is 6.11. The van der Waals surface area contributed by atoms with E-state index in [9.17, 15) is 5.11 Å². The van der Waals surface area contributed by atoms with E-state index in [1.165, 1.54) is 0 Å². The molecule has 5 nitrogen and oxygen atoms in total. The van der Waals surface area contributed by atoms with Crippen molar-refractivity contribution in [3.8, 4) is 0 Å². The summed E-state index contributed by atoms with van der Waals surface area (Å²) in [6.07, 6.45) is 0.984. The molecule has 1 aromatic carbocycles. The predicted octanol–water partition coefficient (Wildman–Crippen LogP) is 2.31. The number of furan rings is 1. The topological polar surface area (TPSA) is 77.2 Å². The van der Waals surface area contributed by atoms with Crippen molar-refractivity contribution in [2.24, 2.45) is 0 Å². The highest BCUT2D eigenvalue weighted by Crippen LogP contribution is 2.24. The first-order chi connectivity index (χ1) is 9.15. The number of nitrogen functional groups attached to an aromatic ring is 1. The molecule has 0 radical (unpaired) electrons. The van der Waals surface area contributed by atoms with E-state index in [4.69, 9.17) is 10.2 Å². The van der Waals surface area contributed by atoms with E-state index in [0.29, 0.717) is 18.1 Å². The Morgan fingerprint density at radius 1 is 1.42 bits per heavy atom. The van der Waals surface area contributed by atoms with Crippen molar-refractivity contribution in [1.29, 1.82) is 0 Å². The summed E-state index contributed by atoms with van der Waals surface area (Å²) in [6.45, 7) is 2.23. The summed E-state index contributed by atoms with van der Waals surface area (Å²) in [5, 5.41) is 9.86. The largest absolute Gasteiger partial charge is 0.467 e. The number of aromatic nitrogens is 2. The fraction of sp³-hybridized carbons (Fsp3) is 0.214. The lowest BCUT2D eigenvalue weighted by Crippen LogP contribution is -2.07. The number of nitrogens with zero attached hydrogens (tertiary/aromatic N) is 2. The summed E-state index contributed by atoms with van der Waals surface area (Å²) in [4.78, 5) is 4.44. The first-order valence-corrected chi connectivity index (χ1v) is 6.11. The molecule has 0 bridgehead atoms. The molecule has 0 aliphatic heterocycles. The maximum Gasteiger partial charge on any atom is 0.138 e. The molecule has 0 fully saturated rings. The van der Waals surface area contributed by atoms with Gasteiger partial charge in [-0.2, -0.15) is 0 Å². The Morgan fingerprint density at radius 2 is 2.26 bits per heavy atom. The SMILES string of the molecule is CC(O)c1nc2cc(N)ccc2n1Cc1ccco1. The van der Waals surface area contributed by atoms with Gasteiger partial charge in [-0.15, -0.1) is 0 Å². The number of rotatable bonds is 3. The molecule has 98 valence electrons. The average molecular weight is 257 g/mol. The van der Waals surface area contributed by atoms with E-state index < -0.39 is 6.10 Å². The van der Waals surface area contributed by atoms with Gasteiger partial charge in [0.05, 0.1) is 23.8 Å². The lowest BCUT2D eigenvalue weighted by Gasteiger charge is -2.09. The predicted molar refractivity (Wildman–Crippen MR) is 72.6 cm³/mol. The molecule has 3 aromatic rings. The van der Waals surface area contributed by atoms with Gasteiger partial charge in [-0.1, -0.05) is 0 Å². The average Bonchev–Trinajstić information content (AvgIpc) is 2.97. The molecule has 1 atom stereocenters. The lowest BCUT2D eigenvalue weighted by molar-refractivity contribution is 0.184.